The third kappa shape index (κ3) is 4.46. The summed E-state index contributed by atoms with van der Waals surface area (Å²) in [5.41, 5.74) is 0.514. The highest BCUT2D eigenvalue weighted by Gasteiger charge is 2.09. The highest BCUT2D eigenvalue weighted by atomic mass is 35.5. The zero-order valence-corrected chi connectivity index (χ0v) is 9.46. The van der Waals surface area contributed by atoms with E-state index < -0.39 is 18.5 Å². The Morgan fingerprint density at radius 1 is 1.31 bits per heavy atom. The topological polar surface area (TPSA) is 76.5 Å². The molecule has 0 amide bonds. The van der Waals surface area contributed by atoms with Crippen molar-refractivity contribution in [2.45, 2.75) is 6.42 Å². The van der Waals surface area contributed by atoms with Crippen molar-refractivity contribution in [1.82, 2.24) is 4.98 Å². The highest BCUT2D eigenvalue weighted by molar-refractivity contribution is 6.32. The van der Waals surface area contributed by atoms with Gasteiger partial charge in [-0.1, -0.05) is 23.2 Å². The average Bonchev–Trinajstić information content (AvgIpc) is 2.12. The van der Waals surface area contributed by atoms with Gasteiger partial charge in [0.25, 0.3) is 0 Å². The van der Waals surface area contributed by atoms with E-state index in [2.05, 4.69) is 9.72 Å². The summed E-state index contributed by atoms with van der Waals surface area (Å²) in [6, 6.07) is 2.91. The first-order chi connectivity index (χ1) is 7.47. The van der Waals surface area contributed by atoms with Crippen LogP contribution in [0, 0.1) is 0 Å². The number of rotatable bonds is 4. The number of carbonyl (C=O) groups excluding carboxylic acids is 1. The van der Waals surface area contributed by atoms with E-state index in [1.54, 1.807) is 0 Å². The molecule has 0 saturated carbocycles. The number of ether oxygens (including phenoxy) is 1. The van der Waals surface area contributed by atoms with Crippen molar-refractivity contribution in [2.24, 2.45) is 0 Å². The Kier molecular flexibility index (Phi) is 4.52. The van der Waals surface area contributed by atoms with Crippen LogP contribution in [0.15, 0.2) is 12.1 Å². The molecule has 0 aliphatic rings. The number of aliphatic carboxylic acids is 1. The van der Waals surface area contributed by atoms with Crippen molar-refractivity contribution >= 4 is 35.1 Å². The second-order valence-corrected chi connectivity index (χ2v) is 3.63. The van der Waals surface area contributed by atoms with E-state index in [0.717, 1.165) is 0 Å². The molecule has 16 heavy (non-hydrogen) atoms. The number of halogens is 2. The smallest absolute Gasteiger partial charge is 0.341 e. The van der Waals surface area contributed by atoms with Gasteiger partial charge >= 0.3 is 11.9 Å². The molecule has 0 aliphatic heterocycles. The van der Waals surface area contributed by atoms with Gasteiger partial charge < -0.3 is 9.84 Å². The number of carboxylic acids is 1. The quantitative estimate of drug-likeness (QED) is 0.659. The number of carbonyl (C=O) groups is 2. The van der Waals surface area contributed by atoms with Crippen molar-refractivity contribution in [3.63, 3.8) is 0 Å². The normalized spacial score (nSPS) is 9.88. The highest BCUT2D eigenvalue weighted by Crippen LogP contribution is 2.15. The molecule has 7 heteroatoms. The van der Waals surface area contributed by atoms with Crippen LogP contribution in [0.1, 0.15) is 5.56 Å². The van der Waals surface area contributed by atoms with Gasteiger partial charge in [-0.15, -0.1) is 0 Å². The van der Waals surface area contributed by atoms with Crippen molar-refractivity contribution in [3.8, 4) is 0 Å². The molecule has 1 aromatic heterocycles. The van der Waals surface area contributed by atoms with E-state index in [-0.39, 0.29) is 16.7 Å². The van der Waals surface area contributed by atoms with Gasteiger partial charge in [-0.05, 0) is 17.7 Å². The molecule has 1 heterocycles. The minimum atomic E-state index is -1.21. The van der Waals surface area contributed by atoms with Crippen molar-refractivity contribution in [1.29, 1.82) is 0 Å². The van der Waals surface area contributed by atoms with Gasteiger partial charge in [0.15, 0.2) is 6.61 Å². The van der Waals surface area contributed by atoms with Gasteiger partial charge in [0.1, 0.15) is 10.3 Å². The van der Waals surface area contributed by atoms with Crippen LogP contribution in [0.5, 0.6) is 0 Å². The van der Waals surface area contributed by atoms with Gasteiger partial charge in [-0.2, -0.15) is 0 Å². The third-order valence-corrected chi connectivity index (χ3v) is 1.91. The molecule has 0 aromatic carbocycles. The standard InChI is InChI=1S/C9H7Cl2NO4/c10-6-1-5(2-7(11)12-6)3-9(15)16-4-8(13)14/h1-2H,3-4H2,(H,13,14). The Morgan fingerprint density at radius 2 is 1.88 bits per heavy atom. The van der Waals surface area contributed by atoms with Crippen LogP contribution in [0.2, 0.25) is 10.3 Å². The van der Waals surface area contributed by atoms with Gasteiger partial charge in [-0.3, -0.25) is 4.79 Å². The lowest BCUT2D eigenvalue weighted by molar-refractivity contribution is -0.154. The van der Waals surface area contributed by atoms with Crippen LogP contribution in [-0.2, 0) is 20.7 Å². The summed E-state index contributed by atoms with van der Waals surface area (Å²) in [7, 11) is 0. The predicted octanol–water partition coefficient (Wildman–Crippen LogP) is 1.56. The molecule has 1 aromatic rings. The summed E-state index contributed by atoms with van der Waals surface area (Å²) < 4.78 is 4.44. The fraction of sp³-hybridized carbons (Fsp3) is 0.222. The van der Waals surface area contributed by atoms with E-state index in [1.807, 2.05) is 0 Å². The van der Waals surface area contributed by atoms with Crippen LogP contribution in [0.4, 0.5) is 0 Å². The third-order valence-electron chi connectivity index (χ3n) is 1.53. The minimum absolute atomic E-state index is 0.102. The van der Waals surface area contributed by atoms with Crippen LogP contribution in [-0.4, -0.2) is 28.6 Å². The average molecular weight is 264 g/mol. The first-order valence-corrected chi connectivity index (χ1v) is 4.92. The molecule has 86 valence electrons. The van der Waals surface area contributed by atoms with Gasteiger partial charge in [0.2, 0.25) is 0 Å². The number of esters is 1. The molecule has 1 N–H and O–H groups in total. The maximum atomic E-state index is 11.1. The molecule has 1 rings (SSSR count). The summed E-state index contributed by atoms with van der Waals surface area (Å²) in [4.78, 5) is 25.0. The summed E-state index contributed by atoms with van der Waals surface area (Å²) in [5, 5.41) is 8.61. The molecule has 0 unspecified atom stereocenters. The lowest BCUT2D eigenvalue weighted by Crippen LogP contribution is -2.14. The first kappa shape index (κ1) is 12.7. The monoisotopic (exact) mass is 263 g/mol. The van der Waals surface area contributed by atoms with Crippen molar-refractivity contribution in [3.05, 3.63) is 28.0 Å². The lowest BCUT2D eigenvalue weighted by Gasteiger charge is -2.02. The van der Waals surface area contributed by atoms with E-state index in [1.165, 1.54) is 12.1 Å². The molecule has 0 bridgehead atoms. The van der Waals surface area contributed by atoms with E-state index >= 15 is 0 Å². The zero-order valence-electron chi connectivity index (χ0n) is 7.94. The van der Waals surface area contributed by atoms with Crippen molar-refractivity contribution < 1.29 is 19.4 Å². The van der Waals surface area contributed by atoms with Crippen LogP contribution >= 0.6 is 23.2 Å². The summed E-state index contributed by atoms with van der Waals surface area (Å²) in [6.07, 6.45) is -0.102. The number of nitrogens with zero attached hydrogens (tertiary/aromatic N) is 1. The minimum Gasteiger partial charge on any atom is -0.479 e. The zero-order chi connectivity index (χ0) is 12.1. The summed E-state index contributed by atoms with van der Waals surface area (Å²) >= 11 is 11.2. The molecule has 0 atom stereocenters. The van der Waals surface area contributed by atoms with Gasteiger partial charge in [-0.25, -0.2) is 9.78 Å². The second-order valence-electron chi connectivity index (χ2n) is 2.85. The van der Waals surface area contributed by atoms with Crippen LogP contribution in [0.3, 0.4) is 0 Å². The van der Waals surface area contributed by atoms with E-state index in [0.29, 0.717) is 5.56 Å². The Labute approximate surface area is 101 Å². The molecule has 0 aliphatic carbocycles. The second kappa shape index (κ2) is 5.67. The van der Waals surface area contributed by atoms with Crippen molar-refractivity contribution in [2.75, 3.05) is 6.61 Å². The molecule has 5 nitrogen and oxygen atoms in total. The Morgan fingerprint density at radius 3 is 2.38 bits per heavy atom. The van der Waals surface area contributed by atoms with Gasteiger partial charge in [0, 0.05) is 0 Å². The molecule has 0 fully saturated rings. The molecular formula is C9H7Cl2NO4. The predicted molar refractivity (Wildman–Crippen MR) is 56.6 cm³/mol. The summed E-state index contributed by atoms with van der Waals surface area (Å²) in [5.74, 6) is -1.88. The largest absolute Gasteiger partial charge is 0.479 e. The first-order valence-electron chi connectivity index (χ1n) is 4.17. The molecule has 0 radical (unpaired) electrons. The number of pyridine rings is 1. The van der Waals surface area contributed by atoms with Crippen LogP contribution in [0.25, 0.3) is 0 Å². The van der Waals surface area contributed by atoms with Crippen LogP contribution < -0.4 is 0 Å². The van der Waals surface area contributed by atoms with Gasteiger partial charge in [0.05, 0.1) is 6.42 Å². The molecule has 0 spiro atoms. The van der Waals surface area contributed by atoms with E-state index in [9.17, 15) is 9.59 Å². The fourth-order valence-corrected chi connectivity index (χ4v) is 1.48. The Bertz CT molecular complexity index is 402. The summed E-state index contributed by atoms with van der Waals surface area (Å²) in [6.45, 7) is -0.661. The molecule has 0 saturated heterocycles. The number of carboxylic acid groups (broad SMARTS) is 1. The maximum Gasteiger partial charge on any atom is 0.341 e. The molecular weight excluding hydrogens is 257 g/mol. The van der Waals surface area contributed by atoms with E-state index in [4.69, 9.17) is 28.3 Å². The lowest BCUT2D eigenvalue weighted by atomic mass is 10.2. The maximum absolute atomic E-state index is 11.1. The Balaban J connectivity index is 2.59. The number of hydrogen-bond acceptors (Lipinski definition) is 4. The Hall–Kier alpha value is -1.33. The fourth-order valence-electron chi connectivity index (χ4n) is 0.976. The SMILES string of the molecule is O=C(O)COC(=O)Cc1cc(Cl)nc(Cl)c1. The number of hydrogen-bond donors (Lipinski definition) is 1. The number of aromatic nitrogens is 1.